The normalized spacial score (nSPS) is 10.8. The highest BCUT2D eigenvalue weighted by Crippen LogP contribution is 2.30. The van der Waals surface area contributed by atoms with Gasteiger partial charge in [0.25, 0.3) is 11.6 Å². The highest BCUT2D eigenvalue weighted by molar-refractivity contribution is 5.69. The number of benzene rings is 2. The van der Waals surface area contributed by atoms with Gasteiger partial charge in [-0.25, -0.2) is 0 Å². The topological polar surface area (TPSA) is 94.1 Å². The van der Waals surface area contributed by atoms with Crippen LogP contribution in [-0.4, -0.2) is 15.1 Å². The van der Waals surface area contributed by atoms with E-state index in [0.29, 0.717) is 23.6 Å². The van der Waals surface area contributed by atoms with E-state index in [1.165, 1.54) is 6.07 Å². The fourth-order valence-corrected chi connectivity index (χ4v) is 2.34. The minimum atomic E-state index is -0.420. The first-order valence-corrected chi connectivity index (χ1v) is 7.95. The van der Waals surface area contributed by atoms with Crippen molar-refractivity contribution in [2.24, 2.45) is 0 Å². The van der Waals surface area contributed by atoms with Crippen LogP contribution in [0.4, 0.5) is 11.4 Å². The first kappa shape index (κ1) is 16.6. The summed E-state index contributed by atoms with van der Waals surface area (Å²) in [5.41, 5.74) is 1.98. The molecule has 0 spiro atoms. The molecule has 0 bridgehead atoms. The minimum absolute atomic E-state index is 0.0299. The summed E-state index contributed by atoms with van der Waals surface area (Å²) >= 11 is 0. The maximum atomic E-state index is 11.4. The molecule has 3 aromatic rings. The van der Waals surface area contributed by atoms with E-state index in [1.807, 2.05) is 44.2 Å². The van der Waals surface area contributed by atoms with Gasteiger partial charge < -0.3 is 9.84 Å². The molecule has 7 heteroatoms. The number of hydrogen-bond acceptors (Lipinski definition) is 6. The third kappa shape index (κ3) is 3.82. The van der Waals surface area contributed by atoms with Crippen molar-refractivity contribution in [3.05, 3.63) is 70.0 Å². The Morgan fingerprint density at radius 3 is 2.60 bits per heavy atom. The average molecular weight is 338 g/mol. The molecule has 0 aliphatic rings. The Morgan fingerprint density at radius 2 is 1.96 bits per heavy atom. The zero-order valence-electron chi connectivity index (χ0n) is 14.0. The molecule has 128 valence electrons. The first-order chi connectivity index (χ1) is 12.0. The molecule has 25 heavy (non-hydrogen) atoms. The Bertz CT molecular complexity index is 875. The van der Waals surface area contributed by atoms with Gasteiger partial charge in [0.1, 0.15) is 5.69 Å². The molecule has 0 aliphatic carbocycles. The van der Waals surface area contributed by atoms with Crippen molar-refractivity contribution >= 4 is 11.4 Å². The fraction of sp³-hybridized carbons (Fsp3) is 0.222. The summed E-state index contributed by atoms with van der Waals surface area (Å²) < 4.78 is 5.21. The Balaban J connectivity index is 1.86. The van der Waals surface area contributed by atoms with Crippen molar-refractivity contribution in [3.63, 3.8) is 0 Å². The molecule has 1 aromatic heterocycles. The predicted molar refractivity (Wildman–Crippen MR) is 94.2 cm³/mol. The van der Waals surface area contributed by atoms with Crippen LogP contribution >= 0.6 is 0 Å². The molecular formula is C18H18N4O3. The lowest BCUT2D eigenvalue weighted by atomic mass is 10.1. The van der Waals surface area contributed by atoms with E-state index in [4.69, 9.17) is 4.52 Å². The second kappa shape index (κ2) is 7.12. The molecule has 0 radical (unpaired) electrons. The standard InChI is InChI=1S/C18H18N4O3/c1-12(2)17-20-18(25-21-17)14-8-9-15(16(10-14)22(23)24)19-11-13-6-4-3-5-7-13/h3-10,12,19H,11H2,1-2H3. The molecular weight excluding hydrogens is 320 g/mol. The van der Waals surface area contributed by atoms with Crippen LogP contribution < -0.4 is 5.32 Å². The van der Waals surface area contributed by atoms with Crippen LogP contribution in [0.2, 0.25) is 0 Å². The van der Waals surface area contributed by atoms with Crippen LogP contribution in [-0.2, 0) is 6.54 Å². The van der Waals surface area contributed by atoms with Gasteiger partial charge in [-0.2, -0.15) is 4.98 Å². The predicted octanol–water partition coefficient (Wildman–Crippen LogP) is 4.38. The van der Waals surface area contributed by atoms with E-state index < -0.39 is 4.92 Å². The van der Waals surface area contributed by atoms with Crippen LogP contribution in [0, 0.1) is 10.1 Å². The largest absolute Gasteiger partial charge is 0.375 e. The zero-order valence-corrected chi connectivity index (χ0v) is 14.0. The molecule has 7 nitrogen and oxygen atoms in total. The van der Waals surface area contributed by atoms with Gasteiger partial charge in [-0.3, -0.25) is 10.1 Å². The first-order valence-electron chi connectivity index (χ1n) is 7.95. The number of rotatable bonds is 6. The van der Waals surface area contributed by atoms with Gasteiger partial charge in [-0.15, -0.1) is 0 Å². The van der Waals surface area contributed by atoms with Crippen LogP contribution in [0.15, 0.2) is 53.1 Å². The van der Waals surface area contributed by atoms with Gasteiger partial charge in [0.05, 0.1) is 4.92 Å². The van der Waals surface area contributed by atoms with Crippen molar-refractivity contribution in [2.75, 3.05) is 5.32 Å². The van der Waals surface area contributed by atoms with Crippen LogP contribution in [0.5, 0.6) is 0 Å². The summed E-state index contributed by atoms with van der Waals surface area (Å²) in [4.78, 5) is 15.3. The van der Waals surface area contributed by atoms with Gasteiger partial charge in [0, 0.05) is 24.1 Å². The van der Waals surface area contributed by atoms with Crippen molar-refractivity contribution in [1.82, 2.24) is 10.1 Å². The third-order valence-corrected chi connectivity index (χ3v) is 3.73. The molecule has 3 rings (SSSR count). The SMILES string of the molecule is CC(C)c1noc(-c2ccc(NCc3ccccc3)c([N+](=O)[O-])c2)n1. The molecule has 0 aliphatic heterocycles. The lowest BCUT2D eigenvalue weighted by Crippen LogP contribution is -2.02. The fourth-order valence-electron chi connectivity index (χ4n) is 2.34. The quantitative estimate of drug-likeness (QED) is 0.529. The summed E-state index contributed by atoms with van der Waals surface area (Å²) in [6, 6.07) is 14.5. The monoisotopic (exact) mass is 338 g/mol. The van der Waals surface area contributed by atoms with Crippen molar-refractivity contribution in [2.45, 2.75) is 26.3 Å². The zero-order chi connectivity index (χ0) is 17.8. The van der Waals surface area contributed by atoms with Crippen molar-refractivity contribution in [3.8, 4) is 11.5 Å². The molecule has 0 saturated carbocycles. The maximum absolute atomic E-state index is 11.4. The van der Waals surface area contributed by atoms with Gasteiger partial charge in [0.2, 0.25) is 0 Å². The van der Waals surface area contributed by atoms with E-state index in [2.05, 4.69) is 15.5 Å². The number of hydrogen-bond donors (Lipinski definition) is 1. The Morgan fingerprint density at radius 1 is 1.20 bits per heavy atom. The molecule has 0 atom stereocenters. The Labute approximate surface area is 144 Å². The van der Waals surface area contributed by atoms with E-state index in [1.54, 1.807) is 12.1 Å². The summed E-state index contributed by atoms with van der Waals surface area (Å²) in [6.45, 7) is 4.40. The molecule has 0 amide bonds. The van der Waals surface area contributed by atoms with Crippen molar-refractivity contribution < 1.29 is 9.45 Å². The van der Waals surface area contributed by atoms with Crippen LogP contribution in [0.25, 0.3) is 11.5 Å². The second-order valence-corrected chi connectivity index (χ2v) is 5.94. The molecule has 0 saturated heterocycles. The van der Waals surface area contributed by atoms with Crippen molar-refractivity contribution in [1.29, 1.82) is 0 Å². The maximum Gasteiger partial charge on any atom is 0.293 e. The van der Waals surface area contributed by atoms with E-state index >= 15 is 0 Å². The lowest BCUT2D eigenvalue weighted by Gasteiger charge is -2.08. The number of anilines is 1. The van der Waals surface area contributed by atoms with Crippen LogP contribution in [0.3, 0.4) is 0 Å². The van der Waals surface area contributed by atoms with Gasteiger partial charge in [-0.05, 0) is 17.7 Å². The number of nitro groups is 1. The second-order valence-electron chi connectivity index (χ2n) is 5.94. The van der Waals surface area contributed by atoms with E-state index in [-0.39, 0.29) is 17.5 Å². The smallest absolute Gasteiger partial charge is 0.293 e. The van der Waals surface area contributed by atoms with Gasteiger partial charge in [0.15, 0.2) is 5.82 Å². The lowest BCUT2D eigenvalue weighted by molar-refractivity contribution is -0.383. The molecule has 2 aromatic carbocycles. The summed E-state index contributed by atoms with van der Waals surface area (Å²) in [6.07, 6.45) is 0. The summed E-state index contributed by atoms with van der Waals surface area (Å²) in [5, 5.41) is 18.4. The van der Waals surface area contributed by atoms with Crippen LogP contribution in [0.1, 0.15) is 31.2 Å². The summed E-state index contributed by atoms with van der Waals surface area (Å²) in [7, 11) is 0. The number of nitrogens with zero attached hydrogens (tertiary/aromatic N) is 3. The molecule has 0 fully saturated rings. The highest BCUT2D eigenvalue weighted by atomic mass is 16.6. The van der Waals surface area contributed by atoms with Gasteiger partial charge in [-0.1, -0.05) is 49.3 Å². The Hall–Kier alpha value is -3.22. The molecule has 1 N–H and O–H groups in total. The molecule has 0 unspecified atom stereocenters. The number of aromatic nitrogens is 2. The number of nitrogens with one attached hydrogen (secondary N) is 1. The molecule has 1 heterocycles. The number of nitro benzene ring substituents is 1. The third-order valence-electron chi connectivity index (χ3n) is 3.73. The van der Waals surface area contributed by atoms with E-state index in [0.717, 1.165) is 5.56 Å². The Kier molecular flexibility index (Phi) is 4.74. The highest BCUT2D eigenvalue weighted by Gasteiger charge is 2.18. The minimum Gasteiger partial charge on any atom is -0.375 e. The average Bonchev–Trinajstić information content (AvgIpc) is 3.11. The van der Waals surface area contributed by atoms with Gasteiger partial charge >= 0.3 is 0 Å². The van der Waals surface area contributed by atoms with E-state index in [9.17, 15) is 10.1 Å². The summed E-state index contributed by atoms with van der Waals surface area (Å²) in [5.74, 6) is 0.977.